The Bertz CT molecular complexity index is 226. The van der Waals surface area contributed by atoms with E-state index in [1.54, 1.807) is 0 Å². The summed E-state index contributed by atoms with van der Waals surface area (Å²) in [7, 11) is 0. The van der Waals surface area contributed by atoms with E-state index in [0.717, 1.165) is 23.8 Å². The Hall–Kier alpha value is -0.0400. The number of rotatable bonds is 4. The van der Waals surface area contributed by atoms with E-state index in [9.17, 15) is 0 Å². The number of hydrogen-bond donors (Lipinski definition) is 1. The second-order valence-corrected chi connectivity index (χ2v) is 6.91. The van der Waals surface area contributed by atoms with E-state index < -0.39 is 0 Å². The summed E-state index contributed by atoms with van der Waals surface area (Å²) in [6.45, 7) is 6.12. The Morgan fingerprint density at radius 2 is 1.72 bits per heavy atom. The smallest absolute Gasteiger partial charge is 0.00672 e. The minimum atomic E-state index is 0.829. The van der Waals surface area contributed by atoms with Crippen molar-refractivity contribution in [2.24, 2.45) is 17.8 Å². The van der Waals surface area contributed by atoms with E-state index >= 15 is 0 Å². The van der Waals surface area contributed by atoms with E-state index in [0.29, 0.717) is 0 Å². The van der Waals surface area contributed by atoms with Crippen molar-refractivity contribution in [1.82, 2.24) is 5.32 Å². The van der Waals surface area contributed by atoms with Crippen LogP contribution in [-0.2, 0) is 0 Å². The standard InChI is InChI=1S/C17H33N/c1-3-15-8-6-10-17(12-11-15)18-13-16-9-5-4-7-14(16)2/h14-18H,3-13H2,1-2H3. The molecule has 0 aromatic carbocycles. The third-order valence-electron chi connectivity index (χ3n) is 5.62. The molecule has 0 aromatic rings. The number of hydrogen-bond acceptors (Lipinski definition) is 1. The lowest BCUT2D eigenvalue weighted by molar-refractivity contribution is 0.237. The van der Waals surface area contributed by atoms with Gasteiger partial charge in [-0.05, 0) is 50.0 Å². The molecule has 0 aliphatic heterocycles. The highest BCUT2D eigenvalue weighted by molar-refractivity contribution is 4.79. The maximum absolute atomic E-state index is 3.91. The zero-order chi connectivity index (χ0) is 12.8. The average molecular weight is 251 g/mol. The van der Waals surface area contributed by atoms with Crippen LogP contribution in [0.5, 0.6) is 0 Å². The average Bonchev–Trinajstić information content (AvgIpc) is 2.63. The van der Waals surface area contributed by atoms with Crippen molar-refractivity contribution in [3.63, 3.8) is 0 Å². The maximum atomic E-state index is 3.91. The van der Waals surface area contributed by atoms with Crippen molar-refractivity contribution in [3.05, 3.63) is 0 Å². The van der Waals surface area contributed by atoms with Gasteiger partial charge in [-0.15, -0.1) is 0 Å². The van der Waals surface area contributed by atoms with Gasteiger partial charge >= 0.3 is 0 Å². The van der Waals surface area contributed by atoms with Gasteiger partial charge in [-0.1, -0.05) is 52.4 Å². The maximum Gasteiger partial charge on any atom is 0.00672 e. The summed E-state index contributed by atoms with van der Waals surface area (Å²) >= 11 is 0. The summed E-state index contributed by atoms with van der Waals surface area (Å²) in [6, 6.07) is 0.829. The van der Waals surface area contributed by atoms with E-state index in [1.807, 2.05) is 0 Å². The first-order valence-electron chi connectivity index (χ1n) is 8.53. The van der Waals surface area contributed by atoms with Crippen LogP contribution in [0.2, 0.25) is 0 Å². The van der Waals surface area contributed by atoms with Gasteiger partial charge in [0.25, 0.3) is 0 Å². The van der Waals surface area contributed by atoms with Gasteiger partial charge in [0.05, 0.1) is 0 Å². The molecule has 0 saturated heterocycles. The van der Waals surface area contributed by atoms with Crippen LogP contribution in [0.15, 0.2) is 0 Å². The van der Waals surface area contributed by atoms with Crippen LogP contribution < -0.4 is 5.32 Å². The molecule has 2 rings (SSSR count). The Labute approximate surface area is 114 Å². The molecule has 2 fully saturated rings. The lowest BCUT2D eigenvalue weighted by atomic mass is 9.80. The van der Waals surface area contributed by atoms with Gasteiger partial charge < -0.3 is 5.32 Å². The fourth-order valence-electron chi connectivity index (χ4n) is 4.01. The van der Waals surface area contributed by atoms with Crippen molar-refractivity contribution < 1.29 is 0 Å². The van der Waals surface area contributed by atoms with Crippen LogP contribution in [-0.4, -0.2) is 12.6 Å². The van der Waals surface area contributed by atoms with Crippen molar-refractivity contribution in [2.45, 2.75) is 84.1 Å². The van der Waals surface area contributed by atoms with Crippen LogP contribution in [0.1, 0.15) is 78.1 Å². The molecule has 1 N–H and O–H groups in total. The molecular formula is C17H33N. The Balaban J connectivity index is 1.69. The van der Waals surface area contributed by atoms with Crippen molar-refractivity contribution in [3.8, 4) is 0 Å². The second-order valence-electron chi connectivity index (χ2n) is 6.91. The molecule has 0 amide bonds. The Kier molecular flexibility index (Phi) is 6.01. The van der Waals surface area contributed by atoms with Gasteiger partial charge in [-0.3, -0.25) is 0 Å². The van der Waals surface area contributed by atoms with Crippen LogP contribution in [0.4, 0.5) is 0 Å². The highest BCUT2D eigenvalue weighted by Gasteiger charge is 2.23. The van der Waals surface area contributed by atoms with Gasteiger partial charge in [0, 0.05) is 6.04 Å². The first-order valence-corrected chi connectivity index (χ1v) is 8.53. The minimum Gasteiger partial charge on any atom is -0.314 e. The third kappa shape index (κ3) is 4.26. The minimum absolute atomic E-state index is 0.829. The first-order chi connectivity index (χ1) is 8.79. The zero-order valence-corrected chi connectivity index (χ0v) is 12.6. The molecule has 2 aliphatic rings. The van der Waals surface area contributed by atoms with Crippen LogP contribution in [0.25, 0.3) is 0 Å². The van der Waals surface area contributed by atoms with Gasteiger partial charge in [0.2, 0.25) is 0 Å². The summed E-state index contributed by atoms with van der Waals surface area (Å²) in [5, 5.41) is 3.91. The topological polar surface area (TPSA) is 12.0 Å². The summed E-state index contributed by atoms with van der Waals surface area (Å²) in [4.78, 5) is 0. The largest absolute Gasteiger partial charge is 0.314 e. The van der Waals surface area contributed by atoms with Gasteiger partial charge in [-0.25, -0.2) is 0 Å². The molecule has 0 bridgehead atoms. The molecule has 106 valence electrons. The molecule has 1 nitrogen and oxygen atoms in total. The zero-order valence-electron chi connectivity index (χ0n) is 12.6. The normalized spacial score (nSPS) is 38.3. The summed E-state index contributed by atoms with van der Waals surface area (Å²) < 4.78 is 0. The lowest BCUT2D eigenvalue weighted by Gasteiger charge is -2.30. The molecule has 4 atom stereocenters. The molecule has 0 spiro atoms. The molecule has 1 heteroatoms. The van der Waals surface area contributed by atoms with Crippen molar-refractivity contribution in [2.75, 3.05) is 6.54 Å². The van der Waals surface area contributed by atoms with E-state index in [-0.39, 0.29) is 0 Å². The van der Waals surface area contributed by atoms with Crippen LogP contribution in [0.3, 0.4) is 0 Å². The van der Waals surface area contributed by atoms with Gasteiger partial charge in [0.1, 0.15) is 0 Å². The fourth-order valence-corrected chi connectivity index (χ4v) is 4.01. The number of nitrogens with one attached hydrogen (secondary N) is 1. The molecule has 18 heavy (non-hydrogen) atoms. The molecular weight excluding hydrogens is 218 g/mol. The molecule has 0 radical (unpaired) electrons. The Morgan fingerprint density at radius 1 is 0.889 bits per heavy atom. The lowest BCUT2D eigenvalue weighted by Crippen LogP contribution is -2.36. The highest BCUT2D eigenvalue weighted by Crippen LogP contribution is 2.30. The van der Waals surface area contributed by atoms with E-state index in [1.165, 1.54) is 70.8 Å². The van der Waals surface area contributed by atoms with Crippen LogP contribution in [0, 0.1) is 17.8 Å². The van der Waals surface area contributed by atoms with Crippen molar-refractivity contribution >= 4 is 0 Å². The Morgan fingerprint density at radius 3 is 2.50 bits per heavy atom. The first kappa shape index (κ1) is 14.4. The monoisotopic (exact) mass is 251 g/mol. The fraction of sp³-hybridized carbons (Fsp3) is 1.00. The van der Waals surface area contributed by atoms with Crippen molar-refractivity contribution in [1.29, 1.82) is 0 Å². The highest BCUT2D eigenvalue weighted by atomic mass is 14.9. The van der Waals surface area contributed by atoms with Crippen LogP contribution >= 0.6 is 0 Å². The summed E-state index contributed by atoms with van der Waals surface area (Å²) in [5.74, 6) is 2.94. The van der Waals surface area contributed by atoms with Gasteiger partial charge in [0.15, 0.2) is 0 Å². The van der Waals surface area contributed by atoms with Gasteiger partial charge in [-0.2, -0.15) is 0 Å². The predicted octanol–water partition coefficient (Wildman–Crippen LogP) is 4.76. The quantitative estimate of drug-likeness (QED) is 0.710. The molecule has 4 unspecified atom stereocenters. The molecule has 0 heterocycles. The molecule has 2 aliphatic carbocycles. The summed E-state index contributed by atoms with van der Waals surface area (Å²) in [6.07, 6.45) is 14.5. The summed E-state index contributed by atoms with van der Waals surface area (Å²) in [5.41, 5.74) is 0. The third-order valence-corrected chi connectivity index (χ3v) is 5.62. The second kappa shape index (κ2) is 7.53. The van der Waals surface area contributed by atoms with E-state index in [2.05, 4.69) is 19.2 Å². The molecule has 2 saturated carbocycles. The SMILES string of the molecule is CCC1CCCC(NCC2CCCCC2C)CC1. The predicted molar refractivity (Wildman–Crippen MR) is 79.8 cm³/mol. The molecule has 0 aromatic heterocycles. The van der Waals surface area contributed by atoms with E-state index in [4.69, 9.17) is 0 Å².